The molecule has 0 saturated heterocycles. The molecule has 0 heterocycles. The first-order valence-electron chi connectivity index (χ1n) is 8.39. The summed E-state index contributed by atoms with van der Waals surface area (Å²) >= 11 is 0. The predicted molar refractivity (Wildman–Crippen MR) is 97.1 cm³/mol. The second-order valence-electron chi connectivity index (χ2n) is 6.88. The lowest BCUT2D eigenvalue weighted by Gasteiger charge is -2.27. The Bertz CT molecular complexity index is 822. The normalized spacial score (nSPS) is 21.7. The quantitative estimate of drug-likeness (QED) is 0.803. The molecule has 1 amide bonds. The van der Waals surface area contributed by atoms with Crippen LogP contribution in [0.15, 0.2) is 29.2 Å². The van der Waals surface area contributed by atoms with Gasteiger partial charge in [-0.25, -0.2) is 16.8 Å². The molecule has 1 fully saturated rings. The van der Waals surface area contributed by atoms with Gasteiger partial charge in [-0.1, -0.05) is 19.1 Å². The van der Waals surface area contributed by atoms with Gasteiger partial charge in [-0.05, 0) is 43.7 Å². The van der Waals surface area contributed by atoms with E-state index in [9.17, 15) is 21.6 Å². The van der Waals surface area contributed by atoms with E-state index in [4.69, 9.17) is 0 Å². The molecule has 0 bridgehead atoms. The molecule has 0 aliphatic heterocycles. The van der Waals surface area contributed by atoms with Crippen LogP contribution in [-0.4, -0.2) is 46.5 Å². The van der Waals surface area contributed by atoms with E-state index in [0.717, 1.165) is 31.9 Å². The van der Waals surface area contributed by atoms with Crippen LogP contribution < -0.4 is 5.32 Å². The molecule has 0 aromatic heterocycles. The van der Waals surface area contributed by atoms with Crippen LogP contribution >= 0.6 is 0 Å². The van der Waals surface area contributed by atoms with Gasteiger partial charge in [0.15, 0.2) is 9.84 Å². The molecule has 6 nitrogen and oxygen atoms in total. The summed E-state index contributed by atoms with van der Waals surface area (Å²) in [5.74, 6) is -0.766. The molecular weight excluding hydrogens is 362 g/mol. The van der Waals surface area contributed by atoms with Gasteiger partial charge in [0, 0.05) is 12.3 Å². The number of hydrogen-bond donors (Lipinski definition) is 1. The third-order valence-corrected chi connectivity index (χ3v) is 7.51. The number of amides is 1. The van der Waals surface area contributed by atoms with Crippen LogP contribution in [0.2, 0.25) is 0 Å². The van der Waals surface area contributed by atoms with Gasteiger partial charge in [0.1, 0.15) is 9.84 Å². The highest BCUT2D eigenvalue weighted by molar-refractivity contribution is 7.94. The minimum atomic E-state index is -3.86. The Balaban J connectivity index is 2.18. The number of carbonyl (C=O) groups excluding carboxylic acids is 1. The number of rotatable bonds is 6. The lowest BCUT2D eigenvalue weighted by Crippen LogP contribution is -2.38. The first kappa shape index (κ1) is 19.9. The van der Waals surface area contributed by atoms with Gasteiger partial charge in [-0.2, -0.15) is 0 Å². The van der Waals surface area contributed by atoms with Crippen molar-refractivity contribution < 1.29 is 21.6 Å². The standard InChI is InChI=1S/C17H25NO5S2/c1-13-7-9-14(10-8-13)18-17(19)15-5-3-4-6-16(15)25(22,23)12-11-24(2,20)21/h3-6,13-14H,7-12H2,1-2H3,(H,18,19). The van der Waals surface area contributed by atoms with Gasteiger partial charge in [0.25, 0.3) is 5.91 Å². The maximum atomic E-state index is 12.6. The summed E-state index contributed by atoms with van der Waals surface area (Å²) in [4.78, 5) is 12.5. The van der Waals surface area contributed by atoms with E-state index in [-0.39, 0.29) is 16.5 Å². The van der Waals surface area contributed by atoms with Crippen molar-refractivity contribution >= 4 is 25.6 Å². The molecule has 8 heteroatoms. The third-order valence-electron chi connectivity index (χ3n) is 4.54. The highest BCUT2D eigenvalue weighted by Gasteiger charge is 2.26. The average Bonchev–Trinajstić information content (AvgIpc) is 2.55. The Morgan fingerprint density at radius 3 is 2.24 bits per heavy atom. The fourth-order valence-corrected chi connectivity index (χ4v) is 6.05. The summed E-state index contributed by atoms with van der Waals surface area (Å²) in [6, 6.07) is 6.01. The molecule has 1 aromatic rings. The van der Waals surface area contributed by atoms with Crippen LogP contribution in [0.4, 0.5) is 0 Å². The fourth-order valence-electron chi connectivity index (χ4n) is 2.96. The number of nitrogens with one attached hydrogen (secondary N) is 1. The second-order valence-corrected chi connectivity index (χ2v) is 11.2. The van der Waals surface area contributed by atoms with Crippen LogP contribution in [0.25, 0.3) is 0 Å². The van der Waals surface area contributed by atoms with Crippen molar-refractivity contribution in [2.45, 2.75) is 43.5 Å². The smallest absolute Gasteiger partial charge is 0.252 e. The molecule has 1 aliphatic rings. The molecule has 1 N–H and O–H groups in total. The summed E-state index contributed by atoms with van der Waals surface area (Å²) in [6.45, 7) is 2.18. The lowest BCUT2D eigenvalue weighted by atomic mass is 9.87. The van der Waals surface area contributed by atoms with Crippen LogP contribution in [0, 0.1) is 5.92 Å². The van der Waals surface area contributed by atoms with E-state index in [0.29, 0.717) is 5.92 Å². The minimum Gasteiger partial charge on any atom is -0.349 e. The number of carbonyl (C=O) groups is 1. The summed E-state index contributed by atoms with van der Waals surface area (Å²) in [5.41, 5.74) is 0.0784. The maximum absolute atomic E-state index is 12.6. The monoisotopic (exact) mass is 387 g/mol. The zero-order valence-corrected chi connectivity index (χ0v) is 16.2. The molecular formula is C17H25NO5S2. The van der Waals surface area contributed by atoms with Crippen molar-refractivity contribution in [1.29, 1.82) is 0 Å². The van der Waals surface area contributed by atoms with Crippen LogP contribution in [0.3, 0.4) is 0 Å². The summed E-state index contributed by atoms with van der Waals surface area (Å²) < 4.78 is 47.5. The molecule has 140 valence electrons. The molecule has 0 radical (unpaired) electrons. The lowest BCUT2D eigenvalue weighted by molar-refractivity contribution is 0.0919. The van der Waals surface area contributed by atoms with Gasteiger partial charge in [-0.3, -0.25) is 4.79 Å². The minimum absolute atomic E-state index is 0.0514. The maximum Gasteiger partial charge on any atom is 0.252 e. The Kier molecular flexibility index (Phi) is 6.26. The molecule has 0 unspecified atom stereocenters. The van der Waals surface area contributed by atoms with Crippen molar-refractivity contribution in [3.63, 3.8) is 0 Å². The predicted octanol–water partition coefficient (Wildman–Crippen LogP) is 1.81. The van der Waals surface area contributed by atoms with Crippen LogP contribution in [-0.2, 0) is 19.7 Å². The molecule has 0 spiro atoms. The zero-order valence-electron chi connectivity index (χ0n) is 14.6. The van der Waals surface area contributed by atoms with Gasteiger partial charge in [0.2, 0.25) is 0 Å². The van der Waals surface area contributed by atoms with Gasteiger partial charge < -0.3 is 5.32 Å². The summed E-state index contributed by atoms with van der Waals surface area (Å²) in [5, 5.41) is 2.92. The molecule has 25 heavy (non-hydrogen) atoms. The molecule has 1 aliphatic carbocycles. The Morgan fingerprint density at radius 2 is 1.64 bits per heavy atom. The van der Waals surface area contributed by atoms with Crippen molar-refractivity contribution in [2.24, 2.45) is 5.92 Å². The summed E-state index contributed by atoms with van der Waals surface area (Å²) in [7, 11) is -7.26. The van der Waals surface area contributed by atoms with Crippen LogP contribution in [0.1, 0.15) is 43.0 Å². The average molecular weight is 388 g/mol. The SMILES string of the molecule is CC1CCC(NC(=O)c2ccccc2S(=O)(=O)CCS(C)(=O)=O)CC1. The van der Waals surface area contributed by atoms with E-state index >= 15 is 0 Å². The largest absolute Gasteiger partial charge is 0.349 e. The van der Waals surface area contributed by atoms with Crippen molar-refractivity contribution in [3.05, 3.63) is 29.8 Å². The third kappa shape index (κ3) is 5.81. The number of sulfone groups is 2. The Morgan fingerprint density at radius 1 is 1.04 bits per heavy atom. The summed E-state index contributed by atoms with van der Waals surface area (Å²) in [6.07, 6.45) is 4.84. The van der Waals surface area contributed by atoms with Gasteiger partial charge in [0.05, 0.1) is 22.0 Å². The van der Waals surface area contributed by atoms with Gasteiger partial charge in [-0.15, -0.1) is 0 Å². The van der Waals surface area contributed by atoms with Crippen LogP contribution in [0.5, 0.6) is 0 Å². The second kappa shape index (κ2) is 7.86. The molecule has 1 saturated carbocycles. The van der Waals surface area contributed by atoms with E-state index in [1.54, 1.807) is 6.07 Å². The van der Waals surface area contributed by atoms with E-state index in [1.165, 1.54) is 18.2 Å². The highest BCUT2D eigenvalue weighted by Crippen LogP contribution is 2.24. The van der Waals surface area contributed by atoms with Crippen molar-refractivity contribution in [3.8, 4) is 0 Å². The fraction of sp³-hybridized carbons (Fsp3) is 0.588. The van der Waals surface area contributed by atoms with E-state index < -0.39 is 37.1 Å². The van der Waals surface area contributed by atoms with E-state index in [1.807, 2.05) is 0 Å². The molecule has 0 atom stereocenters. The van der Waals surface area contributed by atoms with Crippen molar-refractivity contribution in [2.75, 3.05) is 17.8 Å². The zero-order chi connectivity index (χ0) is 18.7. The van der Waals surface area contributed by atoms with E-state index in [2.05, 4.69) is 12.2 Å². The first-order valence-corrected chi connectivity index (χ1v) is 12.1. The first-order chi connectivity index (χ1) is 11.6. The topological polar surface area (TPSA) is 97.4 Å². The highest BCUT2D eigenvalue weighted by atomic mass is 32.2. The molecule has 2 rings (SSSR count). The number of hydrogen-bond acceptors (Lipinski definition) is 5. The number of benzene rings is 1. The Labute approximate surface area is 149 Å². The molecule has 1 aromatic carbocycles. The Hall–Kier alpha value is -1.41. The van der Waals surface area contributed by atoms with Crippen molar-refractivity contribution in [1.82, 2.24) is 5.32 Å². The van der Waals surface area contributed by atoms with Gasteiger partial charge >= 0.3 is 0 Å².